The lowest BCUT2D eigenvalue weighted by atomic mass is 9.90. The zero-order valence-electron chi connectivity index (χ0n) is 15.0. The molecule has 1 aliphatic rings. The van der Waals surface area contributed by atoms with Crippen molar-refractivity contribution >= 4 is 5.97 Å². The maximum absolute atomic E-state index is 10.2. The van der Waals surface area contributed by atoms with Gasteiger partial charge in [0.15, 0.2) is 6.10 Å². The Morgan fingerprint density at radius 2 is 1.48 bits per heavy atom. The number of carboxylic acid groups (broad SMARTS) is 1. The van der Waals surface area contributed by atoms with Crippen LogP contribution in [-0.4, -0.2) is 22.7 Å². The van der Waals surface area contributed by atoms with Crippen molar-refractivity contribution in [3.8, 4) is 0 Å². The van der Waals surface area contributed by atoms with E-state index < -0.39 is 12.1 Å². The maximum Gasteiger partial charge on any atom is 0.337 e. The maximum atomic E-state index is 10.2. The Labute approximate surface area is 159 Å². The Kier molecular flexibility index (Phi) is 6.36. The molecule has 1 aliphatic heterocycles. The highest BCUT2D eigenvalue weighted by atomic mass is 16.4. The molecule has 0 saturated heterocycles. The molecule has 1 unspecified atom stereocenters. The van der Waals surface area contributed by atoms with E-state index in [1.54, 1.807) is 30.3 Å². The predicted octanol–water partition coefficient (Wildman–Crippen LogP) is 3.73. The van der Waals surface area contributed by atoms with Gasteiger partial charge < -0.3 is 15.5 Å². The molecule has 0 spiro atoms. The molecule has 3 N–H and O–H groups in total. The number of benzene rings is 3. The summed E-state index contributed by atoms with van der Waals surface area (Å²) in [4.78, 5) is 10.2. The first kappa shape index (κ1) is 18.8. The van der Waals surface area contributed by atoms with E-state index in [-0.39, 0.29) is 0 Å². The van der Waals surface area contributed by atoms with Gasteiger partial charge in [-0.25, -0.2) is 4.79 Å². The van der Waals surface area contributed by atoms with Gasteiger partial charge >= 0.3 is 5.97 Å². The van der Waals surface area contributed by atoms with Gasteiger partial charge in [0, 0.05) is 6.54 Å². The first-order chi connectivity index (χ1) is 13.2. The van der Waals surface area contributed by atoms with E-state index in [4.69, 9.17) is 10.2 Å². The van der Waals surface area contributed by atoms with Gasteiger partial charge in [-0.15, -0.1) is 0 Å². The normalized spacial score (nSPS) is 16.4. The predicted molar refractivity (Wildman–Crippen MR) is 105 cm³/mol. The van der Waals surface area contributed by atoms with E-state index in [0.717, 1.165) is 13.0 Å². The van der Waals surface area contributed by atoms with Gasteiger partial charge in [-0.05, 0) is 28.7 Å². The summed E-state index contributed by atoms with van der Waals surface area (Å²) in [5.74, 6) is -1.23. The summed E-state index contributed by atoms with van der Waals surface area (Å²) in [6.45, 7) is 1.07. The van der Waals surface area contributed by atoms with Crippen molar-refractivity contribution in [2.24, 2.45) is 0 Å². The number of aliphatic hydroxyl groups is 1. The second-order valence-corrected chi connectivity index (χ2v) is 6.40. The number of carboxylic acids is 1. The minimum absolute atomic E-state index is 0.367. The molecule has 1 heterocycles. The number of fused-ring (bicyclic) bond motifs is 1. The molecule has 3 aromatic carbocycles. The Hall–Kier alpha value is -2.95. The molecule has 0 fully saturated rings. The number of hydrogen-bond acceptors (Lipinski definition) is 3. The standard InChI is InChI=1S/C15H15N.C8H8O3/c1-2-7-13(8-3-1)15-14-9-5-4-6-12(14)10-11-16-15;9-7(8(10)11)6-4-2-1-3-5-6/h1-9,15-16H,10-11H2;1-5,7,9H,(H,10,11)/t15-;/m0./s1. The lowest BCUT2D eigenvalue weighted by molar-refractivity contribution is -0.146. The van der Waals surface area contributed by atoms with Crippen molar-refractivity contribution in [1.29, 1.82) is 0 Å². The molecule has 0 aromatic heterocycles. The first-order valence-corrected chi connectivity index (χ1v) is 8.99. The second kappa shape index (κ2) is 9.12. The van der Waals surface area contributed by atoms with E-state index >= 15 is 0 Å². The third-order valence-electron chi connectivity index (χ3n) is 4.59. The monoisotopic (exact) mass is 361 g/mol. The fourth-order valence-corrected chi connectivity index (χ4v) is 3.23. The van der Waals surface area contributed by atoms with Crippen LogP contribution in [0.15, 0.2) is 84.9 Å². The van der Waals surface area contributed by atoms with Gasteiger partial charge in [-0.2, -0.15) is 0 Å². The molecule has 4 nitrogen and oxygen atoms in total. The summed E-state index contributed by atoms with van der Waals surface area (Å²) in [5.41, 5.74) is 4.67. The smallest absolute Gasteiger partial charge is 0.337 e. The van der Waals surface area contributed by atoms with E-state index in [1.165, 1.54) is 16.7 Å². The summed E-state index contributed by atoms with van der Waals surface area (Å²) in [5, 5.41) is 21.0. The summed E-state index contributed by atoms with van der Waals surface area (Å²) in [6, 6.07) is 28.0. The SMILES string of the molecule is O=C(O)C(O)c1ccccc1.c1ccc([C@@H]2NCCc3ccccc32)cc1. The van der Waals surface area contributed by atoms with Crippen molar-refractivity contribution in [1.82, 2.24) is 5.32 Å². The number of carbonyl (C=O) groups is 1. The molecular weight excluding hydrogens is 338 g/mol. The fraction of sp³-hybridized carbons (Fsp3) is 0.174. The fourth-order valence-electron chi connectivity index (χ4n) is 3.23. The van der Waals surface area contributed by atoms with E-state index in [2.05, 4.69) is 59.9 Å². The average Bonchev–Trinajstić information content (AvgIpc) is 2.74. The lowest BCUT2D eigenvalue weighted by Gasteiger charge is -2.27. The zero-order chi connectivity index (χ0) is 19.1. The highest BCUT2D eigenvalue weighted by Gasteiger charge is 2.20. The summed E-state index contributed by atoms with van der Waals surface area (Å²) in [7, 11) is 0. The Bertz CT molecular complexity index is 865. The highest BCUT2D eigenvalue weighted by molar-refractivity contribution is 5.73. The van der Waals surface area contributed by atoms with Gasteiger partial charge in [-0.3, -0.25) is 0 Å². The van der Waals surface area contributed by atoms with Crippen molar-refractivity contribution in [2.75, 3.05) is 6.54 Å². The van der Waals surface area contributed by atoms with Crippen LogP contribution in [0.25, 0.3) is 0 Å². The van der Waals surface area contributed by atoms with Crippen molar-refractivity contribution in [3.05, 3.63) is 107 Å². The van der Waals surface area contributed by atoms with Gasteiger partial charge in [-0.1, -0.05) is 84.9 Å². The topological polar surface area (TPSA) is 69.6 Å². The Morgan fingerprint density at radius 1 is 0.889 bits per heavy atom. The third kappa shape index (κ3) is 4.82. The molecule has 4 rings (SSSR count). The second-order valence-electron chi connectivity index (χ2n) is 6.40. The quantitative estimate of drug-likeness (QED) is 0.665. The summed E-state index contributed by atoms with van der Waals surface area (Å²) < 4.78 is 0. The molecule has 0 amide bonds. The average molecular weight is 361 g/mol. The van der Waals surface area contributed by atoms with Crippen LogP contribution < -0.4 is 5.32 Å². The molecule has 0 aliphatic carbocycles. The number of aliphatic carboxylic acids is 1. The Balaban J connectivity index is 0.000000168. The van der Waals surface area contributed by atoms with E-state index in [0.29, 0.717) is 11.6 Å². The number of aliphatic hydroxyl groups excluding tert-OH is 1. The molecule has 4 heteroatoms. The van der Waals surface area contributed by atoms with Crippen LogP contribution in [0.4, 0.5) is 0 Å². The molecule has 138 valence electrons. The molecular formula is C23H23NO3. The van der Waals surface area contributed by atoms with E-state index in [1.807, 2.05) is 0 Å². The minimum atomic E-state index is -1.41. The molecule has 27 heavy (non-hydrogen) atoms. The minimum Gasteiger partial charge on any atom is -0.479 e. The number of rotatable bonds is 3. The van der Waals surface area contributed by atoms with Crippen molar-refractivity contribution < 1.29 is 15.0 Å². The van der Waals surface area contributed by atoms with Crippen LogP contribution in [0, 0.1) is 0 Å². The van der Waals surface area contributed by atoms with Crippen LogP contribution in [0.2, 0.25) is 0 Å². The molecule has 3 aromatic rings. The van der Waals surface area contributed by atoms with Crippen LogP contribution in [0.3, 0.4) is 0 Å². The Morgan fingerprint density at radius 3 is 2.15 bits per heavy atom. The highest BCUT2D eigenvalue weighted by Crippen LogP contribution is 2.28. The van der Waals surface area contributed by atoms with Crippen LogP contribution in [-0.2, 0) is 11.2 Å². The van der Waals surface area contributed by atoms with Crippen molar-refractivity contribution in [3.63, 3.8) is 0 Å². The van der Waals surface area contributed by atoms with Gasteiger partial charge in [0.1, 0.15) is 0 Å². The molecule has 2 atom stereocenters. The van der Waals surface area contributed by atoms with Gasteiger partial charge in [0.05, 0.1) is 6.04 Å². The van der Waals surface area contributed by atoms with Crippen molar-refractivity contribution in [2.45, 2.75) is 18.6 Å². The van der Waals surface area contributed by atoms with Crippen LogP contribution in [0.1, 0.15) is 34.4 Å². The van der Waals surface area contributed by atoms with Gasteiger partial charge in [0.2, 0.25) is 0 Å². The third-order valence-corrected chi connectivity index (χ3v) is 4.59. The largest absolute Gasteiger partial charge is 0.479 e. The molecule has 0 saturated carbocycles. The summed E-state index contributed by atoms with van der Waals surface area (Å²) in [6.07, 6.45) is -0.268. The summed E-state index contributed by atoms with van der Waals surface area (Å²) >= 11 is 0. The number of hydrogen-bond donors (Lipinski definition) is 3. The number of nitrogens with one attached hydrogen (secondary N) is 1. The lowest BCUT2D eigenvalue weighted by Crippen LogP contribution is -2.30. The van der Waals surface area contributed by atoms with Crippen LogP contribution >= 0.6 is 0 Å². The van der Waals surface area contributed by atoms with E-state index in [9.17, 15) is 4.79 Å². The van der Waals surface area contributed by atoms with Gasteiger partial charge in [0.25, 0.3) is 0 Å². The molecule has 0 radical (unpaired) electrons. The zero-order valence-corrected chi connectivity index (χ0v) is 15.0. The van der Waals surface area contributed by atoms with Crippen LogP contribution in [0.5, 0.6) is 0 Å². The first-order valence-electron chi connectivity index (χ1n) is 8.99. The molecule has 0 bridgehead atoms.